The van der Waals surface area contributed by atoms with Crippen LogP contribution in [-0.2, 0) is 0 Å². The van der Waals surface area contributed by atoms with Gasteiger partial charge in [-0.3, -0.25) is 0 Å². The first-order valence-corrected chi connectivity index (χ1v) is 7.62. The van der Waals surface area contributed by atoms with Crippen molar-refractivity contribution >= 4 is 33.4 Å². The van der Waals surface area contributed by atoms with Gasteiger partial charge in [0, 0.05) is 29.7 Å². The summed E-state index contributed by atoms with van der Waals surface area (Å²) < 4.78 is 1.15. The molecule has 1 aliphatic heterocycles. The normalized spacial score (nSPS) is 18.5. The van der Waals surface area contributed by atoms with E-state index in [9.17, 15) is 0 Å². The zero-order chi connectivity index (χ0) is 13.4. The molecule has 0 aromatic carbocycles. The maximum Gasteiger partial charge on any atom is 0.147 e. The summed E-state index contributed by atoms with van der Waals surface area (Å²) in [6.07, 6.45) is 10.3. The summed E-state index contributed by atoms with van der Waals surface area (Å²) >= 11 is 1.70. The molecule has 3 N–H and O–H groups in total. The molecule has 0 atom stereocenters. The summed E-state index contributed by atoms with van der Waals surface area (Å²) in [4.78, 5) is 8.80. The smallest absolute Gasteiger partial charge is 0.147 e. The van der Waals surface area contributed by atoms with Crippen LogP contribution in [0, 0.1) is 0 Å². The molecule has 2 aliphatic rings. The van der Waals surface area contributed by atoms with Crippen LogP contribution in [0.1, 0.15) is 18.4 Å². The van der Waals surface area contributed by atoms with Crippen molar-refractivity contribution in [3.8, 4) is 0 Å². The van der Waals surface area contributed by atoms with Crippen molar-refractivity contribution in [2.24, 2.45) is 0 Å². The second-order valence-corrected chi connectivity index (χ2v) is 5.94. The van der Waals surface area contributed by atoms with Gasteiger partial charge >= 0.3 is 0 Å². The van der Waals surface area contributed by atoms with Gasteiger partial charge in [0.15, 0.2) is 0 Å². The molecule has 3 heterocycles. The SMILES string of the molecule is C1=C(/C=C/c2csc3c(NC4CC4)ncnc23)CNN1. The standard InChI is InChI=1S/C14H15N5S/c1(9-5-17-18-6-9)2-10-7-20-13-12(10)15-8-16-14(13)19-11-3-4-11/h1-2,5,7-8,11,17-18H,3-4,6H2,(H,15,16,19)/b2-1+. The summed E-state index contributed by atoms with van der Waals surface area (Å²) in [6, 6.07) is 0.606. The summed E-state index contributed by atoms with van der Waals surface area (Å²) in [5, 5.41) is 5.62. The summed E-state index contributed by atoms with van der Waals surface area (Å²) in [6.45, 7) is 0.849. The molecule has 0 bridgehead atoms. The predicted octanol–water partition coefficient (Wildman–Crippen LogP) is 2.27. The van der Waals surface area contributed by atoms with E-state index in [1.807, 2.05) is 6.20 Å². The van der Waals surface area contributed by atoms with Crippen molar-refractivity contribution in [1.29, 1.82) is 0 Å². The molecule has 102 valence electrons. The largest absolute Gasteiger partial charge is 0.366 e. The summed E-state index contributed by atoms with van der Waals surface area (Å²) in [5.74, 6) is 0.977. The van der Waals surface area contributed by atoms with Gasteiger partial charge in [0.2, 0.25) is 0 Å². The molecule has 0 unspecified atom stereocenters. The third-order valence-electron chi connectivity index (χ3n) is 3.43. The number of anilines is 1. The van der Waals surface area contributed by atoms with Crippen molar-refractivity contribution in [3.63, 3.8) is 0 Å². The Morgan fingerprint density at radius 2 is 2.25 bits per heavy atom. The zero-order valence-electron chi connectivity index (χ0n) is 10.9. The fourth-order valence-corrected chi connectivity index (χ4v) is 3.10. The second-order valence-electron chi connectivity index (χ2n) is 5.06. The van der Waals surface area contributed by atoms with E-state index >= 15 is 0 Å². The molecule has 1 aliphatic carbocycles. The van der Waals surface area contributed by atoms with Crippen LogP contribution in [0.25, 0.3) is 16.3 Å². The average molecular weight is 285 g/mol. The van der Waals surface area contributed by atoms with Gasteiger partial charge in [-0.15, -0.1) is 11.3 Å². The van der Waals surface area contributed by atoms with Gasteiger partial charge in [-0.25, -0.2) is 15.4 Å². The minimum Gasteiger partial charge on any atom is -0.366 e. The maximum absolute atomic E-state index is 4.43. The van der Waals surface area contributed by atoms with Crippen molar-refractivity contribution in [2.75, 3.05) is 11.9 Å². The first-order valence-electron chi connectivity index (χ1n) is 6.74. The van der Waals surface area contributed by atoms with Crippen LogP contribution < -0.4 is 16.2 Å². The summed E-state index contributed by atoms with van der Waals surface area (Å²) in [5.41, 5.74) is 9.45. The van der Waals surface area contributed by atoms with Gasteiger partial charge in [0.1, 0.15) is 12.1 Å². The minimum atomic E-state index is 0.606. The lowest BCUT2D eigenvalue weighted by atomic mass is 10.2. The van der Waals surface area contributed by atoms with Crippen LogP contribution in [0.2, 0.25) is 0 Å². The van der Waals surface area contributed by atoms with Gasteiger partial charge in [-0.2, -0.15) is 0 Å². The van der Waals surface area contributed by atoms with E-state index in [4.69, 9.17) is 0 Å². The van der Waals surface area contributed by atoms with Crippen LogP contribution in [0.3, 0.4) is 0 Å². The molecule has 0 radical (unpaired) electrons. The molecular formula is C14H15N5S. The van der Waals surface area contributed by atoms with Crippen molar-refractivity contribution in [2.45, 2.75) is 18.9 Å². The van der Waals surface area contributed by atoms with E-state index in [0.29, 0.717) is 6.04 Å². The van der Waals surface area contributed by atoms with E-state index in [1.54, 1.807) is 17.7 Å². The van der Waals surface area contributed by atoms with Gasteiger partial charge in [0.05, 0.1) is 10.2 Å². The van der Waals surface area contributed by atoms with Gasteiger partial charge < -0.3 is 10.7 Å². The van der Waals surface area contributed by atoms with Crippen LogP contribution in [0.5, 0.6) is 0 Å². The first-order chi connectivity index (χ1) is 9.90. The van der Waals surface area contributed by atoms with Crippen LogP contribution in [0.4, 0.5) is 5.82 Å². The van der Waals surface area contributed by atoms with Gasteiger partial charge in [-0.1, -0.05) is 12.2 Å². The number of fused-ring (bicyclic) bond motifs is 1. The molecule has 6 heteroatoms. The Morgan fingerprint density at radius 3 is 3.05 bits per heavy atom. The molecule has 0 amide bonds. The Bertz CT molecular complexity index is 699. The van der Waals surface area contributed by atoms with E-state index < -0.39 is 0 Å². The lowest BCUT2D eigenvalue weighted by molar-refractivity contribution is 0.724. The van der Waals surface area contributed by atoms with E-state index in [2.05, 4.69) is 43.7 Å². The number of hydrogen-bond acceptors (Lipinski definition) is 6. The fourth-order valence-electron chi connectivity index (χ4n) is 2.16. The highest BCUT2D eigenvalue weighted by Crippen LogP contribution is 2.33. The average Bonchev–Trinajstić information content (AvgIpc) is 2.98. The predicted molar refractivity (Wildman–Crippen MR) is 82.3 cm³/mol. The Morgan fingerprint density at radius 1 is 1.30 bits per heavy atom. The van der Waals surface area contributed by atoms with Crippen molar-refractivity contribution in [1.82, 2.24) is 20.8 Å². The molecule has 4 rings (SSSR count). The zero-order valence-corrected chi connectivity index (χ0v) is 11.7. The van der Waals surface area contributed by atoms with Crippen LogP contribution >= 0.6 is 11.3 Å². The Balaban J connectivity index is 1.66. The van der Waals surface area contributed by atoms with Gasteiger partial charge in [-0.05, 0) is 18.4 Å². The third-order valence-corrected chi connectivity index (χ3v) is 4.42. The monoisotopic (exact) mass is 285 g/mol. The van der Waals surface area contributed by atoms with E-state index in [-0.39, 0.29) is 0 Å². The van der Waals surface area contributed by atoms with E-state index in [0.717, 1.165) is 28.1 Å². The summed E-state index contributed by atoms with van der Waals surface area (Å²) in [7, 11) is 0. The molecule has 20 heavy (non-hydrogen) atoms. The topological polar surface area (TPSA) is 61.9 Å². The molecule has 0 spiro atoms. The maximum atomic E-state index is 4.43. The Hall–Kier alpha value is -1.92. The van der Waals surface area contributed by atoms with Crippen LogP contribution in [0.15, 0.2) is 29.6 Å². The Labute approximate surface area is 120 Å². The number of hydrazine groups is 1. The molecule has 2 aromatic rings. The fraction of sp³-hybridized carbons (Fsp3) is 0.286. The number of nitrogens with zero attached hydrogens (tertiary/aromatic N) is 2. The lowest BCUT2D eigenvalue weighted by Crippen LogP contribution is -2.20. The first kappa shape index (κ1) is 11.9. The number of aromatic nitrogens is 2. The third kappa shape index (κ3) is 2.28. The number of rotatable bonds is 4. The number of hydrogen-bond donors (Lipinski definition) is 3. The van der Waals surface area contributed by atoms with E-state index in [1.165, 1.54) is 18.4 Å². The lowest BCUT2D eigenvalue weighted by Gasteiger charge is -2.03. The quantitative estimate of drug-likeness (QED) is 0.804. The minimum absolute atomic E-state index is 0.606. The second kappa shape index (κ2) is 4.88. The molecule has 1 fully saturated rings. The van der Waals surface area contributed by atoms with Crippen LogP contribution in [-0.4, -0.2) is 22.6 Å². The van der Waals surface area contributed by atoms with Gasteiger partial charge in [0.25, 0.3) is 0 Å². The molecule has 5 nitrogen and oxygen atoms in total. The highest BCUT2D eigenvalue weighted by Gasteiger charge is 2.22. The van der Waals surface area contributed by atoms with Crippen molar-refractivity contribution < 1.29 is 0 Å². The number of thiophene rings is 1. The van der Waals surface area contributed by atoms with Crippen molar-refractivity contribution in [3.05, 3.63) is 35.1 Å². The highest BCUT2D eigenvalue weighted by molar-refractivity contribution is 7.18. The molecular weight excluding hydrogens is 270 g/mol. The highest BCUT2D eigenvalue weighted by atomic mass is 32.1. The molecule has 2 aromatic heterocycles. The molecule has 0 saturated heterocycles. The Kier molecular flexibility index (Phi) is 2.90. The molecule has 1 saturated carbocycles. The number of nitrogens with one attached hydrogen (secondary N) is 3.